The third kappa shape index (κ3) is 3.07. The fourth-order valence-corrected chi connectivity index (χ4v) is 1.98. The molecule has 0 saturated heterocycles. The van der Waals surface area contributed by atoms with E-state index in [0.717, 1.165) is 5.56 Å². The van der Waals surface area contributed by atoms with E-state index in [1.807, 2.05) is 30.3 Å². The number of carbonyl (C=O) groups is 1. The standard InChI is InChI=1S/C15H18N4O/c1-19(10-11-5-3-2-4-6-11)15(20)12-7-8-14(18-17)13(16)9-12/h2-9,18H,10,16-17H2,1H3. The van der Waals surface area contributed by atoms with Crippen molar-refractivity contribution in [2.45, 2.75) is 6.54 Å². The van der Waals surface area contributed by atoms with Gasteiger partial charge < -0.3 is 16.1 Å². The highest BCUT2D eigenvalue weighted by molar-refractivity contribution is 5.96. The molecule has 0 aromatic heterocycles. The van der Waals surface area contributed by atoms with Crippen LogP contribution in [0.4, 0.5) is 11.4 Å². The summed E-state index contributed by atoms with van der Waals surface area (Å²) in [7, 11) is 1.76. The van der Waals surface area contributed by atoms with Gasteiger partial charge in [-0.1, -0.05) is 30.3 Å². The lowest BCUT2D eigenvalue weighted by Crippen LogP contribution is -2.26. The second kappa shape index (κ2) is 6.08. The molecule has 0 saturated carbocycles. The van der Waals surface area contributed by atoms with Crippen molar-refractivity contribution in [1.29, 1.82) is 0 Å². The van der Waals surface area contributed by atoms with Crippen LogP contribution in [0, 0.1) is 0 Å². The summed E-state index contributed by atoms with van der Waals surface area (Å²) in [5, 5.41) is 0. The summed E-state index contributed by atoms with van der Waals surface area (Å²) in [6, 6.07) is 14.8. The number of amides is 1. The van der Waals surface area contributed by atoms with Gasteiger partial charge in [-0.3, -0.25) is 10.6 Å². The van der Waals surface area contributed by atoms with E-state index in [-0.39, 0.29) is 5.91 Å². The SMILES string of the molecule is CN(Cc1ccccc1)C(=O)c1ccc(NN)c(N)c1. The summed E-state index contributed by atoms with van der Waals surface area (Å²) in [5.41, 5.74) is 11.0. The molecule has 0 aliphatic rings. The molecule has 0 heterocycles. The van der Waals surface area contributed by atoms with E-state index >= 15 is 0 Å². The Kier molecular flexibility index (Phi) is 4.22. The molecule has 0 radical (unpaired) electrons. The largest absolute Gasteiger partial charge is 0.397 e. The molecule has 20 heavy (non-hydrogen) atoms. The number of rotatable bonds is 4. The van der Waals surface area contributed by atoms with Gasteiger partial charge in [-0.25, -0.2) is 0 Å². The van der Waals surface area contributed by atoms with Gasteiger partial charge in [-0.2, -0.15) is 0 Å². The highest BCUT2D eigenvalue weighted by Crippen LogP contribution is 2.19. The molecule has 5 heteroatoms. The smallest absolute Gasteiger partial charge is 0.253 e. The number of nitrogens with two attached hydrogens (primary N) is 2. The summed E-state index contributed by atoms with van der Waals surface area (Å²) in [6.45, 7) is 0.552. The van der Waals surface area contributed by atoms with E-state index in [9.17, 15) is 4.79 Å². The Morgan fingerprint density at radius 3 is 2.50 bits per heavy atom. The highest BCUT2D eigenvalue weighted by atomic mass is 16.2. The molecule has 2 aromatic carbocycles. The van der Waals surface area contributed by atoms with Gasteiger partial charge in [0.1, 0.15) is 0 Å². The van der Waals surface area contributed by atoms with Crippen LogP contribution in [0.3, 0.4) is 0 Å². The van der Waals surface area contributed by atoms with Crippen LogP contribution in [0.5, 0.6) is 0 Å². The second-order valence-electron chi connectivity index (χ2n) is 4.59. The molecule has 0 unspecified atom stereocenters. The minimum atomic E-state index is -0.0795. The van der Waals surface area contributed by atoms with Crippen molar-refractivity contribution in [1.82, 2.24) is 4.90 Å². The molecular formula is C15H18N4O. The van der Waals surface area contributed by atoms with E-state index in [0.29, 0.717) is 23.5 Å². The monoisotopic (exact) mass is 270 g/mol. The molecule has 0 fully saturated rings. The first kappa shape index (κ1) is 13.9. The summed E-state index contributed by atoms with van der Waals surface area (Å²) in [4.78, 5) is 14.0. The van der Waals surface area contributed by atoms with Gasteiger partial charge in [0, 0.05) is 19.2 Å². The molecule has 2 rings (SSSR count). The third-order valence-corrected chi connectivity index (χ3v) is 3.06. The number of hydrogen-bond acceptors (Lipinski definition) is 4. The van der Waals surface area contributed by atoms with Crippen LogP contribution in [0.1, 0.15) is 15.9 Å². The lowest BCUT2D eigenvalue weighted by atomic mass is 10.1. The first-order chi connectivity index (χ1) is 9.61. The quantitative estimate of drug-likeness (QED) is 0.449. The number of anilines is 2. The maximum Gasteiger partial charge on any atom is 0.253 e. The first-order valence-corrected chi connectivity index (χ1v) is 6.27. The molecule has 1 amide bonds. The van der Waals surface area contributed by atoms with Crippen molar-refractivity contribution in [3.8, 4) is 0 Å². The molecule has 5 nitrogen and oxygen atoms in total. The molecular weight excluding hydrogens is 252 g/mol. The van der Waals surface area contributed by atoms with Crippen LogP contribution in [0.15, 0.2) is 48.5 Å². The van der Waals surface area contributed by atoms with Crippen LogP contribution in [0.25, 0.3) is 0 Å². The molecule has 104 valence electrons. The Bertz CT molecular complexity index is 598. The molecule has 0 spiro atoms. The normalized spacial score (nSPS) is 10.1. The molecule has 2 aromatic rings. The Morgan fingerprint density at radius 1 is 1.20 bits per heavy atom. The van der Waals surface area contributed by atoms with Gasteiger partial charge in [-0.15, -0.1) is 0 Å². The summed E-state index contributed by atoms with van der Waals surface area (Å²) in [6.07, 6.45) is 0. The predicted octanol–water partition coefficient (Wildman–Crippen LogP) is 1.83. The number of carbonyl (C=O) groups excluding carboxylic acids is 1. The minimum Gasteiger partial charge on any atom is -0.397 e. The summed E-state index contributed by atoms with van der Waals surface area (Å²) in [5.74, 6) is 5.23. The number of nitrogens with one attached hydrogen (secondary N) is 1. The lowest BCUT2D eigenvalue weighted by Gasteiger charge is -2.18. The number of benzene rings is 2. The van der Waals surface area contributed by atoms with Crippen molar-refractivity contribution in [2.75, 3.05) is 18.2 Å². The van der Waals surface area contributed by atoms with E-state index < -0.39 is 0 Å². The molecule has 0 atom stereocenters. The first-order valence-electron chi connectivity index (χ1n) is 6.27. The van der Waals surface area contributed by atoms with Gasteiger partial charge in [0.05, 0.1) is 11.4 Å². The predicted molar refractivity (Wildman–Crippen MR) is 80.9 cm³/mol. The molecule has 0 bridgehead atoms. The lowest BCUT2D eigenvalue weighted by molar-refractivity contribution is 0.0785. The minimum absolute atomic E-state index is 0.0795. The van der Waals surface area contributed by atoms with Gasteiger partial charge in [0.15, 0.2) is 0 Å². The van der Waals surface area contributed by atoms with Gasteiger partial charge in [-0.05, 0) is 23.8 Å². The van der Waals surface area contributed by atoms with Crippen LogP contribution in [-0.4, -0.2) is 17.9 Å². The topological polar surface area (TPSA) is 84.4 Å². The summed E-state index contributed by atoms with van der Waals surface area (Å²) < 4.78 is 0. The van der Waals surface area contributed by atoms with Crippen LogP contribution < -0.4 is 17.0 Å². The van der Waals surface area contributed by atoms with Crippen molar-refractivity contribution < 1.29 is 4.79 Å². The van der Waals surface area contributed by atoms with Crippen molar-refractivity contribution in [3.63, 3.8) is 0 Å². The Hall–Kier alpha value is -2.53. The van der Waals surface area contributed by atoms with E-state index in [1.54, 1.807) is 30.1 Å². The Morgan fingerprint density at radius 2 is 1.90 bits per heavy atom. The molecule has 5 N–H and O–H groups in total. The zero-order valence-corrected chi connectivity index (χ0v) is 11.3. The van der Waals surface area contributed by atoms with Crippen molar-refractivity contribution in [3.05, 3.63) is 59.7 Å². The van der Waals surface area contributed by atoms with Gasteiger partial charge in [0.25, 0.3) is 5.91 Å². The fraction of sp³-hybridized carbons (Fsp3) is 0.133. The Balaban J connectivity index is 2.12. The third-order valence-electron chi connectivity index (χ3n) is 3.06. The number of hydrazine groups is 1. The molecule has 0 aliphatic heterocycles. The van der Waals surface area contributed by atoms with E-state index in [1.165, 1.54) is 0 Å². The van der Waals surface area contributed by atoms with Gasteiger partial charge >= 0.3 is 0 Å². The van der Waals surface area contributed by atoms with Gasteiger partial charge in [0.2, 0.25) is 0 Å². The average molecular weight is 270 g/mol. The Labute approximate surface area is 118 Å². The van der Waals surface area contributed by atoms with Crippen LogP contribution >= 0.6 is 0 Å². The van der Waals surface area contributed by atoms with Crippen molar-refractivity contribution in [2.24, 2.45) is 5.84 Å². The van der Waals surface area contributed by atoms with E-state index in [2.05, 4.69) is 5.43 Å². The zero-order chi connectivity index (χ0) is 14.5. The molecule has 0 aliphatic carbocycles. The van der Waals surface area contributed by atoms with Crippen LogP contribution in [-0.2, 0) is 6.54 Å². The van der Waals surface area contributed by atoms with E-state index in [4.69, 9.17) is 11.6 Å². The number of nitrogens with zero attached hydrogens (tertiary/aromatic N) is 1. The zero-order valence-electron chi connectivity index (χ0n) is 11.3. The second-order valence-corrected chi connectivity index (χ2v) is 4.59. The number of nitrogen functional groups attached to an aromatic ring is 2. The maximum absolute atomic E-state index is 12.3. The highest BCUT2D eigenvalue weighted by Gasteiger charge is 2.13. The average Bonchev–Trinajstić information content (AvgIpc) is 2.47. The summed E-state index contributed by atoms with van der Waals surface area (Å²) >= 11 is 0. The maximum atomic E-state index is 12.3. The fourth-order valence-electron chi connectivity index (χ4n) is 1.98. The van der Waals surface area contributed by atoms with Crippen molar-refractivity contribution >= 4 is 17.3 Å². The number of hydrogen-bond donors (Lipinski definition) is 3. The van der Waals surface area contributed by atoms with Crippen LogP contribution in [0.2, 0.25) is 0 Å².